The molecule has 0 heterocycles. The molecule has 0 saturated carbocycles. The van der Waals surface area contributed by atoms with Gasteiger partial charge in [-0.15, -0.1) is 11.8 Å². The Hall–Kier alpha value is -2.15. The summed E-state index contributed by atoms with van der Waals surface area (Å²) in [5.74, 6) is -1.99. The molecule has 0 atom stereocenters. The van der Waals surface area contributed by atoms with Gasteiger partial charge in [-0.2, -0.15) is 4.39 Å². The van der Waals surface area contributed by atoms with Crippen LogP contribution in [0.4, 0.5) is 20.2 Å². The van der Waals surface area contributed by atoms with Crippen LogP contribution in [0, 0.1) is 21.7 Å². The van der Waals surface area contributed by atoms with Crippen LogP contribution in [0.2, 0.25) is 0 Å². The molecule has 4 nitrogen and oxygen atoms in total. The van der Waals surface area contributed by atoms with Gasteiger partial charge in [0.25, 0.3) is 0 Å². The summed E-state index contributed by atoms with van der Waals surface area (Å²) in [6, 6.07) is 8.89. The van der Waals surface area contributed by atoms with Crippen LogP contribution >= 0.6 is 11.8 Å². The van der Waals surface area contributed by atoms with Crippen LogP contribution in [0.15, 0.2) is 41.3 Å². The molecular formula is C14H12F2N2O2S. The smallest absolute Gasteiger partial charge is 0.305 e. The zero-order valence-electron chi connectivity index (χ0n) is 11.1. The lowest BCUT2D eigenvalue weighted by Gasteiger charge is -2.08. The minimum Gasteiger partial charge on any atom is -0.381 e. The van der Waals surface area contributed by atoms with Gasteiger partial charge in [0.05, 0.1) is 4.92 Å². The molecular weight excluding hydrogens is 298 g/mol. The molecule has 0 bridgehead atoms. The summed E-state index contributed by atoms with van der Waals surface area (Å²) >= 11 is 1.60. The van der Waals surface area contributed by atoms with E-state index in [4.69, 9.17) is 0 Å². The van der Waals surface area contributed by atoms with E-state index in [9.17, 15) is 18.9 Å². The zero-order valence-corrected chi connectivity index (χ0v) is 11.9. The van der Waals surface area contributed by atoms with E-state index in [0.717, 1.165) is 16.6 Å². The Morgan fingerprint density at radius 2 is 1.86 bits per heavy atom. The number of anilines is 1. The Kier molecular flexibility index (Phi) is 4.74. The first-order chi connectivity index (χ1) is 10.0. The second-order valence-electron chi connectivity index (χ2n) is 4.23. The van der Waals surface area contributed by atoms with Crippen molar-refractivity contribution in [1.29, 1.82) is 0 Å². The standard InChI is InChI=1S/C14H12F2N2O2S/c1-21-11-4-2-10(3-5-11)17-8-9-6-14(18(19)20)13(16)7-12(9)15/h2-7,17H,8H2,1H3. The van der Waals surface area contributed by atoms with Crippen molar-refractivity contribution in [1.82, 2.24) is 0 Å². The second-order valence-corrected chi connectivity index (χ2v) is 5.11. The molecule has 2 rings (SSSR count). The molecule has 110 valence electrons. The van der Waals surface area contributed by atoms with E-state index >= 15 is 0 Å². The van der Waals surface area contributed by atoms with E-state index in [-0.39, 0.29) is 12.1 Å². The second kappa shape index (κ2) is 6.53. The highest BCUT2D eigenvalue weighted by Gasteiger charge is 2.18. The molecule has 0 aliphatic rings. The molecule has 0 fully saturated rings. The van der Waals surface area contributed by atoms with E-state index in [1.165, 1.54) is 0 Å². The molecule has 0 aromatic heterocycles. The van der Waals surface area contributed by atoms with E-state index in [0.29, 0.717) is 6.07 Å². The van der Waals surface area contributed by atoms with Crippen LogP contribution in [0.3, 0.4) is 0 Å². The average molecular weight is 310 g/mol. The number of nitrogens with zero attached hydrogens (tertiary/aromatic N) is 1. The van der Waals surface area contributed by atoms with Gasteiger partial charge in [0.15, 0.2) is 0 Å². The molecule has 0 saturated heterocycles. The lowest BCUT2D eigenvalue weighted by molar-refractivity contribution is -0.387. The SMILES string of the molecule is CSc1ccc(NCc2cc([N+](=O)[O-])c(F)cc2F)cc1. The maximum Gasteiger partial charge on any atom is 0.305 e. The molecule has 0 spiro atoms. The topological polar surface area (TPSA) is 55.2 Å². The van der Waals surface area contributed by atoms with Crippen LogP contribution in [0.5, 0.6) is 0 Å². The van der Waals surface area contributed by atoms with Crippen molar-refractivity contribution in [2.24, 2.45) is 0 Å². The van der Waals surface area contributed by atoms with Crippen molar-refractivity contribution in [2.45, 2.75) is 11.4 Å². The maximum absolute atomic E-state index is 13.6. The lowest BCUT2D eigenvalue weighted by atomic mass is 10.1. The van der Waals surface area contributed by atoms with Crippen molar-refractivity contribution in [3.05, 3.63) is 63.7 Å². The molecule has 1 N–H and O–H groups in total. The van der Waals surface area contributed by atoms with Crippen molar-refractivity contribution in [3.63, 3.8) is 0 Å². The number of halogens is 2. The number of thioether (sulfide) groups is 1. The third-order valence-electron chi connectivity index (χ3n) is 2.89. The van der Waals surface area contributed by atoms with Gasteiger partial charge >= 0.3 is 5.69 Å². The molecule has 0 unspecified atom stereocenters. The minimum atomic E-state index is -1.18. The molecule has 0 aliphatic heterocycles. The fourth-order valence-electron chi connectivity index (χ4n) is 1.76. The normalized spacial score (nSPS) is 10.4. The Bertz CT molecular complexity index is 663. The van der Waals surface area contributed by atoms with Gasteiger partial charge < -0.3 is 5.32 Å². The summed E-state index contributed by atoms with van der Waals surface area (Å²) < 4.78 is 26.8. The van der Waals surface area contributed by atoms with Crippen LogP contribution in [0.1, 0.15) is 5.56 Å². The summed E-state index contributed by atoms with van der Waals surface area (Å²) in [6.07, 6.45) is 1.95. The van der Waals surface area contributed by atoms with Crippen molar-refractivity contribution < 1.29 is 13.7 Å². The number of nitro groups is 1. The predicted molar refractivity (Wildman–Crippen MR) is 78.6 cm³/mol. The first-order valence-corrected chi connectivity index (χ1v) is 7.24. The fourth-order valence-corrected chi connectivity index (χ4v) is 2.17. The molecule has 0 radical (unpaired) electrons. The summed E-state index contributed by atoms with van der Waals surface area (Å²) in [4.78, 5) is 10.9. The van der Waals surface area contributed by atoms with E-state index in [1.54, 1.807) is 11.8 Å². The fraction of sp³-hybridized carbons (Fsp3) is 0.143. The Labute approximate surface area is 124 Å². The average Bonchev–Trinajstić information content (AvgIpc) is 2.46. The number of benzene rings is 2. The van der Waals surface area contributed by atoms with Crippen LogP contribution in [-0.2, 0) is 6.54 Å². The zero-order chi connectivity index (χ0) is 15.4. The van der Waals surface area contributed by atoms with Crippen molar-refractivity contribution in [3.8, 4) is 0 Å². The van der Waals surface area contributed by atoms with Gasteiger partial charge in [0, 0.05) is 34.8 Å². The van der Waals surface area contributed by atoms with E-state index in [1.807, 2.05) is 30.5 Å². The van der Waals surface area contributed by atoms with Crippen LogP contribution in [-0.4, -0.2) is 11.2 Å². The van der Waals surface area contributed by atoms with Gasteiger partial charge in [0.2, 0.25) is 5.82 Å². The summed E-state index contributed by atoms with van der Waals surface area (Å²) in [6.45, 7) is 0.0333. The largest absolute Gasteiger partial charge is 0.381 e. The van der Waals surface area contributed by atoms with Gasteiger partial charge in [0.1, 0.15) is 5.82 Å². The summed E-state index contributed by atoms with van der Waals surface area (Å²) in [7, 11) is 0. The van der Waals surface area contributed by atoms with Crippen LogP contribution < -0.4 is 5.32 Å². The number of rotatable bonds is 5. The van der Waals surface area contributed by atoms with Crippen molar-refractivity contribution in [2.75, 3.05) is 11.6 Å². The number of hydrogen-bond donors (Lipinski definition) is 1. The molecule has 0 amide bonds. The Morgan fingerprint density at radius 3 is 2.43 bits per heavy atom. The quantitative estimate of drug-likeness (QED) is 0.511. The lowest BCUT2D eigenvalue weighted by Crippen LogP contribution is -2.04. The maximum atomic E-state index is 13.6. The number of nitrogens with one attached hydrogen (secondary N) is 1. The van der Waals surface area contributed by atoms with Crippen molar-refractivity contribution >= 4 is 23.1 Å². The van der Waals surface area contributed by atoms with Gasteiger partial charge in [-0.05, 0) is 30.5 Å². The summed E-state index contributed by atoms with van der Waals surface area (Å²) in [5, 5.41) is 13.6. The molecule has 7 heteroatoms. The first-order valence-electron chi connectivity index (χ1n) is 6.01. The van der Waals surface area contributed by atoms with Gasteiger partial charge in [-0.25, -0.2) is 4.39 Å². The van der Waals surface area contributed by atoms with E-state index < -0.39 is 22.2 Å². The van der Waals surface area contributed by atoms with E-state index in [2.05, 4.69) is 5.32 Å². The van der Waals surface area contributed by atoms with Gasteiger partial charge in [-0.3, -0.25) is 10.1 Å². The number of hydrogen-bond acceptors (Lipinski definition) is 4. The molecule has 0 aliphatic carbocycles. The molecule has 2 aromatic rings. The predicted octanol–water partition coefficient (Wildman–Crippen LogP) is 4.21. The Balaban J connectivity index is 2.15. The third kappa shape index (κ3) is 3.69. The first kappa shape index (κ1) is 15.2. The highest BCUT2D eigenvalue weighted by atomic mass is 32.2. The van der Waals surface area contributed by atoms with Gasteiger partial charge in [-0.1, -0.05) is 0 Å². The highest BCUT2D eigenvalue weighted by molar-refractivity contribution is 7.98. The monoisotopic (exact) mass is 310 g/mol. The Morgan fingerprint density at radius 1 is 1.19 bits per heavy atom. The molecule has 2 aromatic carbocycles. The highest BCUT2D eigenvalue weighted by Crippen LogP contribution is 2.23. The summed E-state index contributed by atoms with van der Waals surface area (Å²) in [5.41, 5.74) is 0.0575. The number of nitro benzene ring substituents is 1. The minimum absolute atomic E-state index is 0.0333. The van der Waals surface area contributed by atoms with Crippen LogP contribution in [0.25, 0.3) is 0 Å². The third-order valence-corrected chi connectivity index (χ3v) is 3.63. The molecule has 21 heavy (non-hydrogen) atoms.